The number of benzene rings is 2. The van der Waals surface area contributed by atoms with Crippen LogP contribution in [0.25, 0.3) is 0 Å². The first-order chi connectivity index (χ1) is 12.4. The molecule has 2 rings (SSSR count). The van der Waals surface area contributed by atoms with Crippen LogP contribution in [0.15, 0.2) is 42.5 Å². The third-order valence-electron chi connectivity index (χ3n) is 3.88. The van der Waals surface area contributed by atoms with Gasteiger partial charge in [-0.15, -0.1) is 0 Å². The second-order valence-corrected chi connectivity index (χ2v) is 6.05. The molecule has 2 aromatic rings. The third-order valence-corrected chi connectivity index (χ3v) is 3.88. The molecule has 2 aromatic carbocycles. The highest BCUT2D eigenvalue weighted by Gasteiger charge is 2.21. The number of anilines is 2. The number of hydrogen-bond acceptors (Lipinski definition) is 5. The number of aryl methyl sites for hydroxylation is 2. The van der Waals surface area contributed by atoms with Crippen LogP contribution in [0.3, 0.4) is 0 Å². The number of amides is 1. The van der Waals surface area contributed by atoms with Crippen LogP contribution in [0, 0.1) is 13.8 Å². The van der Waals surface area contributed by atoms with Gasteiger partial charge in [-0.05, 0) is 50.1 Å². The van der Waals surface area contributed by atoms with E-state index >= 15 is 0 Å². The molecule has 0 aliphatic rings. The van der Waals surface area contributed by atoms with Crippen molar-refractivity contribution in [1.29, 1.82) is 0 Å². The Hall–Kier alpha value is -2.86. The minimum absolute atomic E-state index is 0.0575. The first-order valence-corrected chi connectivity index (χ1v) is 8.45. The van der Waals surface area contributed by atoms with Crippen molar-refractivity contribution in [3.05, 3.63) is 59.2 Å². The fourth-order valence-electron chi connectivity index (χ4n) is 2.39. The summed E-state index contributed by atoms with van der Waals surface area (Å²) < 4.78 is 5.31. The number of hydrogen-bond donors (Lipinski definition) is 3. The van der Waals surface area contributed by atoms with Gasteiger partial charge in [0.15, 0.2) is 6.10 Å². The van der Waals surface area contributed by atoms with Crippen molar-refractivity contribution in [2.24, 2.45) is 0 Å². The smallest absolute Gasteiger partial charge is 0.341 e. The van der Waals surface area contributed by atoms with Gasteiger partial charge in [-0.25, -0.2) is 4.79 Å². The van der Waals surface area contributed by atoms with E-state index in [1.54, 1.807) is 24.3 Å². The average molecular weight is 356 g/mol. The second-order valence-electron chi connectivity index (χ2n) is 6.05. The van der Waals surface area contributed by atoms with Crippen molar-refractivity contribution < 1.29 is 19.4 Å². The summed E-state index contributed by atoms with van der Waals surface area (Å²) in [7, 11) is 0. The summed E-state index contributed by atoms with van der Waals surface area (Å²) in [4.78, 5) is 24.8. The molecule has 0 unspecified atom stereocenters. The Balaban J connectivity index is 2.04. The molecule has 26 heavy (non-hydrogen) atoms. The summed E-state index contributed by atoms with van der Waals surface area (Å²) in [6, 6.07) is 12.6. The monoisotopic (exact) mass is 356 g/mol. The van der Waals surface area contributed by atoms with E-state index in [9.17, 15) is 9.59 Å². The Morgan fingerprint density at radius 1 is 1.12 bits per heavy atom. The summed E-state index contributed by atoms with van der Waals surface area (Å²) in [6.45, 7) is 5.62. The summed E-state index contributed by atoms with van der Waals surface area (Å²) in [6.07, 6.45) is -0.951. The molecular formula is C20H24N2O4. The second kappa shape index (κ2) is 9.01. The molecule has 0 bridgehead atoms. The lowest BCUT2D eigenvalue weighted by molar-refractivity contribution is -0.123. The van der Waals surface area contributed by atoms with E-state index in [2.05, 4.69) is 10.6 Å². The van der Waals surface area contributed by atoms with Gasteiger partial charge in [0.05, 0.1) is 12.2 Å². The van der Waals surface area contributed by atoms with Crippen LogP contribution in [-0.4, -0.2) is 36.2 Å². The zero-order valence-electron chi connectivity index (χ0n) is 15.2. The Morgan fingerprint density at radius 3 is 2.58 bits per heavy atom. The number of esters is 1. The predicted octanol–water partition coefficient (Wildman–Crippen LogP) is 2.89. The van der Waals surface area contributed by atoms with Crippen LogP contribution in [0.1, 0.15) is 28.4 Å². The van der Waals surface area contributed by atoms with Gasteiger partial charge in [-0.3, -0.25) is 4.79 Å². The van der Waals surface area contributed by atoms with E-state index in [0.29, 0.717) is 23.5 Å². The minimum Gasteiger partial charge on any atom is -0.449 e. The van der Waals surface area contributed by atoms with Gasteiger partial charge < -0.3 is 20.5 Å². The van der Waals surface area contributed by atoms with E-state index in [1.807, 2.05) is 32.0 Å². The SMILES string of the molecule is Cc1ccc(C)c(NC(=O)[C@H](C)OC(=O)c2ccccc2NCCO)c1. The van der Waals surface area contributed by atoms with Gasteiger partial charge >= 0.3 is 5.97 Å². The number of nitrogens with one attached hydrogen (secondary N) is 2. The molecule has 0 heterocycles. The number of ether oxygens (including phenoxy) is 1. The molecule has 0 radical (unpaired) electrons. The Kier molecular flexibility index (Phi) is 6.74. The van der Waals surface area contributed by atoms with Crippen molar-refractivity contribution in [2.45, 2.75) is 26.9 Å². The van der Waals surface area contributed by atoms with Crippen molar-refractivity contribution in [1.82, 2.24) is 0 Å². The fourth-order valence-corrected chi connectivity index (χ4v) is 2.39. The molecule has 0 saturated heterocycles. The molecule has 138 valence electrons. The number of carbonyl (C=O) groups is 2. The van der Waals surface area contributed by atoms with Gasteiger partial charge in [-0.2, -0.15) is 0 Å². The molecule has 1 atom stereocenters. The molecule has 6 heteroatoms. The molecule has 6 nitrogen and oxygen atoms in total. The maximum Gasteiger partial charge on any atom is 0.341 e. The van der Waals surface area contributed by atoms with Gasteiger partial charge in [0.2, 0.25) is 0 Å². The van der Waals surface area contributed by atoms with E-state index in [4.69, 9.17) is 9.84 Å². The lowest BCUT2D eigenvalue weighted by atomic mass is 10.1. The molecule has 0 aliphatic heterocycles. The topological polar surface area (TPSA) is 87.7 Å². The summed E-state index contributed by atoms with van der Waals surface area (Å²) in [5, 5.41) is 14.7. The fraction of sp³-hybridized carbons (Fsp3) is 0.300. The van der Waals surface area contributed by atoms with E-state index < -0.39 is 18.0 Å². The lowest BCUT2D eigenvalue weighted by Crippen LogP contribution is -2.30. The molecule has 0 spiro atoms. The standard InChI is InChI=1S/C20H24N2O4/c1-13-8-9-14(2)18(12-13)22-19(24)15(3)26-20(25)16-6-4-5-7-17(16)21-10-11-23/h4-9,12,15,21,23H,10-11H2,1-3H3,(H,22,24)/t15-/m0/s1. The summed E-state index contributed by atoms with van der Waals surface area (Å²) in [5.74, 6) is -0.998. The molecule has 0 saturated carbocycles. The molecule has 0 fully saturated rings. The quantitative estimate of drug-likeness (QED) is 0.664. The molecular weight excluding hydrogens is 332 g/mol. The van der Waals surface area contributed by atoms with E-state index in [-0.39, 0.29) is 6.61 Å². The van der Waals surface area contributed by atoms with Gasteiger partial charge in [0, 0.05) is 17.9 Å². The van der Waals surface area contributed by atoms with Gasteiger partial charge in [-0.1, -0.05) is 24.3 Å². The van der Waals surface area contributed by atoms with Crippen molar-refractivity contribution in [3.63, 3.8) is 0 Å². The molecule has 0 aromatic heterocycles. The molecule has 0 aliphatic carbocycles. The van der Waals surface area contributed by atoms with Crippen molar-refractivity contribution in [3.8, 4) is 0 Å². The molecule has 1 amide bonds. The lowest BCUT2D eigenvalue weighted by Gasteiger charge is -2.16. The number of carbonyl (C=O) groups excluding carboxylic acids is 2. The van der Waals surface area contributed by atoms with Crippen LogP contribution in [-0.2, 0) is 9.53 Å². The first kappa shape index (κ1) is 19.5. The first-order valence-electron chi connectivity index (χ1n) is 8.45. The zero-order chi connectivity index (χ0) is 19.1. The highest BCUT2D eigenvalue weighted by molar-refractivity contribution is 6.00. The maximum absolute atomic E-state index is 12.4. The van der Waals surface area contributed by atoms with E-state index in [0.717, 1.165) is 11.1 Å². The third kappa shape index (κ3) is 5.07. The van der Waals surface area contributed by atoms with Crippen LogP contribution in [0.5, 0.6) is 0 Å². The Morgan fingerprint density at radius 2 is 1.85 bits per heavy atom. The Bertz CT molecular complexity index is 789. The van der Waals surface area contributed by atoms with Crippen LogP contribution >= 0.6 is 0 Å². The van der Waals surface area contributed by atoms with Gasteiger partial charge in [0.1, 0.15) is 0 Å². The minimum atomic E-state index is -0.951. The zero-order valence-corrected chi connectivity index (χ0v) is 15.2. The van der Waals surface area contributed by atoms with Crippen molar-refractivity contribution in [2.75, 3.05) is 23.8 Å². The largest absolute Gasteiger partial charge is 0.449 e. The summed E-state index contributed by atoms with van der Waals surface area (Å²) >= 11 is 0. The van der Waals surface area contributed by atoms with Crippen LogP contribution in [0.4, 0.5) is 11.4 Å². The highest BCUT2D eigenvalue weighted by atomic mass is 16.5. The van der Waals surface area contributed by atoms with Crippen LogP contribution < -0.4 is 10.6 Å². The maximum atomic E-state index is 12.4. The number of aliphatic hydroxyl groups excluding tert-OH is 1. The van der Waals surface area contributed by atoms with Crippen molar-refractivity contribution >= 4 is 23.3 Å². The van der Waals surface area contributed by atoms with Gasteiger partial charge in [0.25, 0.3) is 5.91 Å². The van der Waals surface area contributed by atoms with E-state index in [1.165, 1.54) is 6.92 Å². The predicted molar refractivity (Wildman–Crippen MR) is 101 cm³/mol. The number of rotatable bonds is 7. The van der Waals surface area contributed by atoms with Crippen LogP contribution in [0.2, 0.25) is 0 Å². The number of para-hydroxylation sites is 1. The Labute approximate surface area is 153 Å². The average Bonchev–Trinajstić information content (AvgIpc) is 2.63. The highest BCUT2D eigenvalue weighted by Crippen LogP contribution is 2.19. The normalized spacial score (nSPS) is 11.5. The number of aliphatic hydroxyl groups is 1. The molecule has 3 N–H and O–H groups in total. The summed E-state index contributed by atoms with van der Waals surface area (Å²) in [5.41, 5.74) is 3.52.